The predicted molar refractivity (Wildman–Crippen MR) is 69.8 cm³/mol. The Labute approximate surface area is 96.8 Å². The summed E-state index contributed by atoms with van der Waals surface area (Å²) in [5.41, 5.74) is 0.341. The molecule has 0 amide bonds. The Hall–Kier alpha value is -0.440. The van der Waals surface area contributed by atoms with Crippen LogP contribution in [0.3, 0.4) is 0 Å². The van der Waals surface area contributed by atoms with E-state index in [0.717, 1.165) is 0 Å². The van der Waals surface area contributed by atoms with Gasteiger partial charge in [-0.15, -0.1) is 5.92 Å². The molecule has 1 atom stereocenters. The van der Waals surface area contributed by atoms with Crippen LogP contribution >= 0.6 is 0 Å². The molecule has 0 fully saturated rings. The van der Waals surface area contributed by atoms with Crippen LogP contribution in [-0.4, -0.2) is 0 Å². The van der Waals surface area contributed by atoms with Gasteiger partial charge in [0.15, 0.2) is 0 Å². The van der Waals surface area contributed by atoms with Gasteiger partial charge in [-0.3, -0.25) is 0 Å². The smallest absolute Gasteiger partial charge is 0.0251 e. The van der Waals surface area contributed by atoms with Crippen molar-refractivity contribution in [2.45, 2.75) is 73.1 Å². The van der Waals surface area contributed by atoms with Gasteiger partial charge in [-0.1, -0.05) is 65.7 Å². The van der Waals surface area contributed by atoms with Gasteiger partial charge in [0.2, 0.25) is 0 Å². The van der Waals surface area contributed by atoms with Gasteiger partial charge in [0.1, 0.15) is 0 Å². The predicted octanol–water partition coefficient (Wildman–Crippen LogP) is 5.03. The summed E-state index contributed by atoms with van der Waals surface area (Å²) in [4.78, 5) is 0. The van der Waals surface area contributed by atoms with Crippen LogP contribution < -0.4 is 0 Å². The molecule has 0 radical (unpaired) electrons. The van der Waals surface area contributed by atoms with E-state index < -0.39 is 0 Å². The molecule has 88 valence electrons. The van der Waals surface area contributed by atoms with Crippen molar-refractivity contribution >= 4 is 0 Å². The lowest BCUT2D eigenvalue weighted by atomic mass is 9.78. The molecule has 0 aliphatic carbocycles. The summed E-state index contributed by atoms with van der Waals surface area (Å²) in [6.07, 6.45) is 8.11. The normalized spacial score (nSPS) is 13.1. The van der Waals surface area contributed by atoms with E-state index in [1.807, 2.05) is 6.92 Å². The summed E-state index contributed by atoms with van der Waals surface area (Å²) < 4.78 is 0. The van der Waals surface area contributed by atoms with Crippen LogP contribution in [-0.2, 0) is 0 Å². The summed E-state index contributed by atoms with van der Waals surface area (Å²) in [5.74, 6) is 7.01. The average Bonchev–Trinajstić information content (AvgIpc) is 2.14. The lowest BCUT2D eigenvalue weighted by Gasteiger charge is -2.26. The van der Waals surface area contributed by atoms with Crippen LogP contribution in [0.5, 0.6) is 0 Å². The van der Waals surface area contributed by atoms with Crippen LogP contribution in [0.2, 0.25) is 0 Å². The third-order valence-electron chi connectivity index (χ3n) is 2.96. The summed E-state index contributed by atoms with van der Waals surface area (Å²) in [6, 6.07) is 0. The van der Waals surface area contributed by atoms with Gasteiger partial charge in [-0.25, -0.2) is 0 Å². The highest BCUT2D eigenvalue weighted by Crippen LogP contribution is 2.29. The van der Waals surface area contributed by atoms with E-state index in [9.17, 15) is 0 Å². The van der Waals surface area contributed by atoms with Crippen molar-refractivity contribution < 1.29 is 0 Å². The Bertz CT molecular complexity index is 196. The second-order valence-corrected chi connectivity index (χ2v) is 5.52. The molecule has 0 aromatic carbocycles. The zero-order chi connectivity index (χ0) is 11.7. The van der Waals surface area contributed by atoms with Crippen molar-refractivity contribution in [1.29, 1.82) is 0 Å². The molecule has 1 unspecified atom stereocenters. The van der Waals surface area contributed by atoms with E-state index >= 15 is 0 Å². The second kappa shape index (κ2) is 7.80. The first-order valence-corrected chi connectivity index (χ1v) is 6.44. The van der Waals surface area contributed by atoms with Gasteiger partial charge in [0, 0.05) is 5.92 Å². The third kappa shape index (κ3) is 7.48. The number of hydrogen-bond donors (Lipinski definition) is 0. The highest BCUT2D eigenvalue weighted by atomic mass is 14.2. The molecule has 0 aromatic heterocycles. The molecule has 0 heteroatoms. The van der Waals surface area contributed by atoms with Crippen molar-refractivity contribution in [2.75, 3.05) is 0 Å². The SMILES string of the molecule is CC#CC(CCCCCCC)C(C)(C)C. The maximum atomic E-state index is 3.36. The molecule has 0 aromatic rings. The highest BCUT2D eigenvalue weighted by molar-refractivity contribution is 5.04. The molecule has 15 heavy (non-hydrogen) atoms. The molecule has 0 aliphatic heterocycles. The topological polar surface area (TPSA) is 0 Å². The lowest BCUT2D eigenvalue weighted by Crippen LogP contribution is -2.18. The Morgan fingerprint density at radius 3 is 2.07 bits per heavy atom. The van der Waals surface area contributed by atoms with E-state index in [1.165, 1.54) is 38.5 Å². The molecule has 0 heterocycles. The molecule has 0 N–H and O–H groups in total. The molecule has 0 bridgehead atoms. The lowest BCUT2D eigenvalue weighted by molar-refractivity contribution is 0.281. The van der Waals surface area contributed by atoms with Crippen LogP contribution in [0.25, 0.3) is 0 Å². The molecule has 0 rings (SSSR count). The van der Waals surface area contributed by atoms with Crippen LogP contribution in [0, 0.1) is 23.2 Å². The zero-order valence-electron chi connectivity index (χ0n) is 11.3. The molecule has 0 saturated heterocycles. The maximum Gasteiger partial charge on any atom is 0.0251 e. The summed E-state index contributed by atoms with van der Waals surface area (Å²) >= 11 is 0. The molecule has 0 nitrogen and oxygen atoms in total. The second-order valence-electron chi connectivity index (χ2n) is 5.52. The fraction of sp³-hybridized carbons (Fsp3) is 0.867. The van der Waals surface area contributed by atoms with E-state index in [-0.39, 0.29) is 0 Å². The molecule has 0 aliphatic rings. The largest absolute Gasteiger partial charge is 0.106 e. The van der Waals surface area contributed by atoms with Gasteiger partial charge < -0.3 is 0 Å². The van der Waals surface area contributed by atoms with E-state index in [2.05, 4.69) is 39.5 Å². The first-order valence-electron chi connectivity index (χ1n) is 6.44. The first-order chi connectivity index (χ1) is 7.02. The van der Waals surface area contributed by atoms with E-state index in [1.54, 1.807) is 0 Å². The Balaban J connectivity index is 3.81. The minimum atomic E-state index is 0.341. The van der Waals surface area contributed by atoms with E-state index in [4.69, 9.17) is 0 Å². The van der Waals surface area contributed by atoms with Gasteiger partial charge in [-0.05, 0) is 18.8 Å². The van der Waals surface area contributed by atoms with Crippen LogP contribution in [0.1, 0.15) is 73.1 Å². The fourth-order valence-corrected chi connectivity index (χ4v) is 1.85. The van der Waals surface area contributed by atoms with Gasteiger partial charge >= 0.3 is 0 Å². The molecule has 0 saturated carbocycles. The van der Waals surface area contributed by atoms with Crippen molar-refractivity contribution in [3.05, 3.63) is 0 Å². The van der Waals surface area contributed by atoms with Crippen molar-refractivity contribution in [1.82, 2.24) is 0 Å². The fourth-order valence-electron chi connectivity index (χ4n) is 1.85. The molecular formula is C15H28. The minimum Gasteiger partial charge on any atom is -0.106 e. The van der Waals surface area contributed by atoms with Gasteiger partial charge in [0.25, 0.3) is 0 Å². The Morgan fingerprint density at radius 1 is 1.00 bits per heavy atom. The zero-order valence-corrected chi connectivity index (χ0v) is 11.3. The van der Waals surface area contributed by atoms with Gasteiger partial charge in [0.05, 0.1) is 0 Å². The van der Waals surface area contributed by atoms with Crippen molar-refractivity contribution in [3.63, 3.8) is 0 Å². The summed E-state index contributed by atoms with van der Waals surface area (Å²) in [7, 11) is 0. The summed E-state index contributed by atoms with van der Waals surface area (Å²) in [6.45, 7) is 11.1. The Kier molecular flexibility index (Phi) is 7.57. The highest BCUT2D eigenvalue weighted by Gasteiger charge is 2.21. The van der Waals surface area contributed by atoms with Gasteiger partial charge in [-0.2, -0.15) is 0 Å². The summed E-state index contributed by atoms with van der Waals surface area (Å²) in [5, 5.41) is 0. The Morgan fingerprint density at radius 2 is 1.60 bits per heavy atom. The number of hydrogen-bond acceptors (Lipinski definition) is 0. The van der Waals surface area contributed by atoms with Crippen molar-refractivity contribution in [2.24, 2.45) is 11.3 Å². The van der Waals surface area contributed by atoms with Crippen LogP contribution in [0.15, 0.2) is 0 Å². The van der Waals surface area contributed by atoms with Crippen molar-refractivity contribution in [3.8, 4) is 11.8 Å². The average molecular weight is 208 g/mol. The quantitative estimate of drug-likeness (QED) is 0.424. The molecule has 0 spiro atoms. The number of rotatable bonds is 6. The number of unbranched alkanes of at least 4 members (excludes halogenated alkanes) is 4. The van der Waals surface area contributed by atoms with Crippen LogP contribution in [0.4, 0.5) is 0 Å². The van der Waals surface area contributed by atoms with E-state index in [0.29, 0.717) is 11.3 Å². The first kappa shape index (κ1) is 14.6. The third-order valence-corrected chi connectivity index (χ3v) is 2.96. The minimum absolute atomic E-state index is 0.341. The maximum absolute atomic E-state index is 3.36. The standard InChI is InChI=1S/C15H28/c1-6-8-9-10-11-13-14(12-7-2)15(3,4)5/h14H,6,8-11,13H2,1-5H3. The monoisotopic (exact) mass is 208 g/mol. The molecular weight excluding hydrogens is 180 g/mol.